The first kappa shape index (κ1) is 10.5. The molecular weight excluding hydrogens is 168 g/mol. The van der Waals surface area contributed by atoms with Crippen LogP contribution < -0.4 is 0 Å². The van der Waals surface area contributed by atoms with Gasteiger partial charge in [0.25, 0.3) is 0 Å². The molecular formula is C10H18O3. The van der Waals surface area contributed by atoms with Gasteiger partial charge >= 0.3 is 5.97 Å². The first-order chi connectivity index (χ1) is 6.23. The Bertz CT molecular complexity index is 164. The van der Waals surface area contributed by atoms with Crippen LogP contribution in [0, 0.1) is 5.92 Å². The van der Waals surface area contributed by atoms with Crippen molar-refractivity contribution in [3.05, 3.63) is 12.8 Å². The second-order valence-electron chi connectivity index (χ2n) is 3.45. The average Bonchev–Trinajstić information content (AvgIpc) is 2.19. The monoisotopic (exact) mass is 186 g/mol. The summed E-state index contributed by atoms with van der Waals surface area (Å²) in [4.78, 5) is 0. The van der Waals surface area contributed by atoms with Gasteiger partial charge in [0, 0.05) is 7.11 Å². The Labute approximate surface area is 79.3 Å². The summed E-state index contributed by atoms with van der Waals surface area (Å²) in [5.41, 5.74) is 0. The summed E-state index contributed by atoms with van der Waals surface area (Å²) in [5.74, 6) is -1.38. The number of rotatable bonds is 4. The molecule has 0 aromatic carbocycles. The maximum atomic E-state index is 9.93. The van der Waals surface area contributed by atoms with Gasteiger partial charge in [-0.25, -0.2) is 0 Å². The fraction of sp³-hybridized carbons (Fsp3) is 0.800. The fourth-order valence-electron chi connectivity index (χ4n) is 1.90. The number of ether oxygens (including phenoxy) is 2. The van der Waals surface area contributed by atoms with Crippen molar-refractivity contribution in [3.8, 4) is 0 Å². The predicted molar refractivity (Wildman–Crippen MR) is 49.8 cm³/mol. The Morgan fingerprint density at radius 3 is 2.46 bits per heavy atom. The number of hydrogen-bond donors (Lipinski definition) is 1. The van der Waals surface area contributed by atoms with E-state index in [2.05, 4.69) is 6.58 Å². The van der Waals surface area contributed by atoms with Crippen molar-refractivity contribution in [3.63, 3.8) is 0 Å². The van der Waals surface area contributed by atoms with E-state index in [9.17, 15) is 5.11 Å². The van der Waals surface area contributed by atoms with E-state index in [1.54, 1.807) is 0 Å². The molecule has 1 fully saturated rings. The lowest BCUT2D eigenvalue weighted by Gasteiger charge is -2.35. The van der Waals surface area contributed by atoms with Gasteiger partial charge in [0.05, 0.1) is 12.2 Å². The molecule has 1 atom stereocenters. The van der Waals surface area contributed by atoms with E-state index in [-0.39, 0.29) is 5.92 Å². The first-order valence-corrected chi connectivity index (χ1v) is 4.79. The Hall–Kier alpha value is -0.540. The molecule has 0 aliphatic heterocycles. The lowest BCUT2D eigenvalue weighted by Crippen LogP contribution is -2.42. The lowest BCUT2D eigenvalue weighted by molar-refractivity contribution is -0.359. The zero-order valence-corrected chi connectivity index (χ0v) is 8.16. The van der Waals surface area contributed by atoms with Crippen LogP contribution in [0.25, 0.3) is 0 Å². The normalized spacial score (nSPS) is 23.5. The van der Waals surface area contributed by atoms with Gasteiger partial charge in [-0.2, -0.15) is 0 Å². The average molecular weight is 186 g/mol. The molecule has 0 aromatic rings. The van der Waals surface area contributed by atoms with Crippen LogP contribution in [0.4, 0.5) is 0 Å². The summed E-state index contributed by atoms with van der Waals surface area (Å²) >= 11 is 0. The van der Waals surface area contributed by atoms with E-state index in [0.29, 0.717) is 0 Å². The Kier molecular flexibility index (Phi) is 3.75. The summed E-state index contributed by atoms with van der Waals surface area (Å²) < 4.78 is 10.00. The highest BCUT2D eigenvalue weighted by molar-refractivity contribution is 4.75. The molecule has 1 aliphatic rings. The molecule has 0 spiro atoms. The van der Waals surface area contributed by atoms with Gasteiger partial charge < -0.3 is 14.6 Å². The van der Waals surface area contributed by atoms with Gasteiger partial charge in [-0.15, -0.1) is 0 Å². The van der Waals surface area contributed by atoms with Gasteiger partial charge in [-0.1, -0.05) is 25.8 Å². The first-order valence-electron chi connectivity index (χ1n) is 4.79. The predicted octanol–water partition coefficient (Wildman–Crippen LogP) is 2.02. The summed E-state index contributed by atoms with van der Waals surface area (Å²) in [6, 6.07) is 0. The van der Waals surface area contributed by atoms with Crippen LogP contribution in [0.5, 0.6) is 0 Å². The van der Waals surface area contributed by atoms with E-state index in [1.807, 2.05) is 0 Å². The minimum Gasteiger partial charge on any atom is -0.448 e. The molecule has 0 amide bonds. The SMILES string of the molecule is C=COC(O)(OC)C1CCCCC1. The van der Waals surface area contributed by atoms with Crippen LogP contribution in [0.1, 0.15) is 32.1 Å². The standard InChI is InChI=1S/C10H18O3/c1-3-13-10(11,12-2)9-7-5-4-6-8-9/h3,9,11H,1,4-8H2,2H3. The maximum Gasteiger partial charge on any atom is 0.326 e. The topological polar surface area (TPSA) is 38.7 Å². The third kappa shape index (κ3) is 2.45. The van der Waals surface area contributed by atoms with E-state index in [0.717, 1.165) is 25.7 Å². The van der Waals surface area contributed by atoms with Gasteiger partial charge in [0.15, 0.2) is 0 Å². The van der Waals surface area contributed by atoms with Crippen molar-refractivity contribution >= 4 is 0 Å². The van der Waals surface area contributed by atoms with Crippen LogP contribution in [-0.2, 0) is 9.47 Å². The smallest absolute Gasteiger partial charge is 0.326 e. The van der Waals surface area contributed by atoms with Gasteiger partial charge in [0.1, 0.15) is 0 Å². The molecule has 1 aliphatic carbocycles. The summed E-state index contributed by atoms with van der Waals surface area (Å²) in [5, 5.41) is 9.93. The van der Waals surface area contributed by atoms with Gasteiger partial charge in [0.2, 0.25) is 0 Å². The molecule has 13 heavy (non-hydrogen) atoms. The summed E-state index contributed by atoms with van der Waals surface area (Å²) in [7, 11) is 1.46. The van der Waals surface area contributed by atoms with Gasteiger partial charge in [-0.05, 0) is 12.8 Å². The summed E-state index contributed by atoms with van der Waals surface area (Å²) in [6.45, 7) is 3.43. The van der Waals surface area contributed by atoms with Crippen LogP contribution in [0.2, 0.25) is 0 Å². The highest BCUT2D eigenvalue weighted by Gasteiger charge is 2.39. The molecule has 0 saturated heterocycles. The van der Waals surface area contributed by atoms with E-state index >= 15 is 0 Å². The van der Waals surface area contributed by atoms with Crippen molar-refractivity contribution in [2.24, 2.45) is 5.92 Å². The van der Waals surface area contributed by atoms with Gasteiger partial charge in [-0.3, -0.25) is 0 Å². The van der Waals surface area contributed by atoms with Crippen molar-refractivity contribution in [1.82, 2.24) is 0 Å². The molecule has 0 heterocycles. The Morgan fingerprint density at radius 2 is 2.00 bits per heavy atom. The second kappa shape index (κ2) is 4.63. The minimum absolute atomic E-state index is 0.0734. The maximum absolute atomic E-state index is 9.93. The zero-order chi connectivity index (χ0) is 9.73. The zero-order valence-electron chi connectivity index (χ0n) is 8.16. The quantitative estimate of drug-likeness (QED) is 0.539. The number of hydrogen-bond acceptors (Lipinski definition) is 3. The highest BCUT2D eigenvalue weighted by Crippen LogP contribution is 2.33. The second-order valence-corrected chi connectivity index (χ2v) is 3.45. The van der Waals surface area contributed by atoms with E-state index < -0.39 is 5.97 Å². The number of aliphatic hydroxyl groups is 1. The van der Waals surface area contributed by atoms with Crippen molar-refractivity contribution in [2.45, 2.75) is 38.1 Å². The lowest BCUT2D eigenvalue weighted by atomic mass is 9.87. The van der Waals surface area contributed by atoms with Crippen LogP contribution in [0.15, 0.2) is 12.8 Å². The molecule has 0 bridgehead atoms. The van der Waals surface area contributed by atoms with E-state index in [4.69, 9.17) is 9.47 Å². The highest BCUT2D eigenvalue weighted by atomic mass is 16.8. The molecule has 1 saturated carbocycles. The molecule has 1 N–H and O–H groups in total. The molecule has 1 unspecified atom stereocenters. The largest absolute Gasteiger partial charge is 0.448 e. The van der Waals surface area contributed by atoms with Crippen molar-refractivity contribution in [1.29, 1.82) is 0 Å². The van der Waals surface area contributed by atoms with Crippen molar-refractivity contribution < 1.29 is 14.6 Å². The van der Waals surface area contributed by atoms with E-state index in [1.165, 1.54) is 19.8 Å². The molecule has 3 heteroatoms. The molecule has 3 nitrogen and oxygen atoms in total. The molecule has 0 radical (unpaired) electrons. The third-order valence-corrected chi connectivity index (χ3v) is 2.67. The minimum atomic E-state index is -1.46. The van der Waals surface area contributed by atoms with Crippen LogP contribution >= 0.6 is 0 Å². The number of methoxy groups -OCH3 is 1. The van der Waals surface area contributed by atoms with Crippen LogP contribution in [0.3, 0.4) is 0 Å². The molecule has 1 rings (SSSR count). The fourth-order valence-corrected chi connectivity index (χ4v) is 1.90. The van der Waals surface area contributed by atoms with Crippen molar-refractivity contribution in [2.75, 3.05) is 7.11 Å². The third-order valence-electron chi connectivity index (χ3n) is 2.67. The molecule has 76 valence electrons. The Morgan fingerprint density at radius 1 is 1.38 bits per heavy atom. The summed E-state index contributed by atoms with van der Waals surface area (Å²) in [6.07, 6.45) is 6.66. The Balaban J connectivity index is 2.56. The van der Waals surface area contributed by atoms with Crippen LogP contribution in [-0.4, -0.2) is 18.2 Å². The molecule has 0 aromatic heterocycles.